The molecule has 6 heteroatoms. The van der Waals surface area contributed by atoms with E-state index in [-0.39, 0.29) is 37.3 Å². The molecule has 1 radical (unpaired) electrons. The van der Waals surface area contributed by atoms with Gasteiger partial charge in [-0.25, -0.2) is 6.54 Å². The fraction of sp³-hybridized carbons (Fsp3) is 0.833. The van der Waals surface area contributed by atoms with Gasteiger partial charge in [-0.15, -0.1) is 0 Å². The molecule has 0 aromatic carbocycles. The van der Waals surface area contributed by atoms with E-state index >= 15 is 0 Å². The number of nitrogens with one attached hydrogen (secondary N) is 2. The summed E-state index contributed by atoms with van der Waals surface area (Å²) >= 11 is 0. The average molecular weight is 423 g/mol. The van der Waals surface area contributed by atoms with Crippen LogP contribution in [0.1, 0.15) is 51.4 Å². The Morgan fingerprint density at radius 2 is 1.62 bits per heavy atom. The molecule has 3 fully saturated rings. The van der Waals surface area contributed by atoms with E-state index in [1.54, 1.807) is 7.05 Å². The van der Waals surface area contributed by atoms with Crippen LogP contribution < -0.4 is 10.6 Å². The van der Waals surface area contributed by atoms with Crippen molar-refractivity contribution in [3.05, 3.63) is 6.54 Å². The topological polar surface area (TPSA) is 61.4 Å². The van der Waals surface area contributed by atoms with Crippen LogP contribution in [0, 0.1) is 24.3 Å². The zero-order chi connectivity index (χ0) is 16.4. The largest absolute Gasteiger partial charge is 0.449 e. The molecule has 2 saturated carbocycles. The van der Waals surface area contributed by atoms with Crippen LogP contribution in [0.15, 0.2) is 0 Å². The smallest absolute Gasteiger partial charge is 0.245 e. The minimum absolute atomic E-state index is 0. The first-order valence-corrected chi connectivity index (χ1v) is 9.21. The maximum atomic E-state index is 13.1. The number of rotatable bonds is 3. The van der Waals surface area contributed by atoms with Crippen molar-refractivity contribution in [1.29, 1.82) is 0 Å². The molecule has 3 aliphatic rings. The summed E-state index contributed by atoms with van der Waals surface area (Å²) in [6.45, 7) is 1.41. The normalized spacial score (nSPS) is 35.8. The Kier molecular flexibility index (Phi) is 7.12. The van der Waals surface area contributed by atoms with Gasteiger partial charge in [-0.1, -0.05) is 25.7 Å². The van der Waals surface area contributed by atoms with Crippen molar-refractivity contribution in [2.24, 2.45) is 17.8 Å². The quantitative estimate of drug-likeness (QED) is 0.537. The number of fused-ring (bicyclic) bond motifs is 3. The second-order valence-corrected chi connectivity index (χ2v) is 7.50. The molecule has 3 rings (SSSR count). The molecule has 1 heterocycles. The van der Waals surface area contributed by atoms with Gasteiger partial charge in [0.05, 0.1) is 5.91 Å². The standard InChI is InChI=1S/C18H30N3O2.Rh/c1-19-11-16(22)20-17-14-9-4-3-7-12(14)13-8-5-6-10-15(13)21(2)18(17)23;/h11-15,17,19H,3-10H2,1-2H3,(H,20,22);/q-1;. The number of likely N-dealkylation sites (N-methyl/N-ethyl adjacent to an activating group) is 2. The van der Waals surface area contributed by atoms with Crippen molar-refractivity contribution in [3.63, 3.8) is 0 Å². The van der Waals surface area contributed by atoms with Gasteiger partial charge in [0, 0.05) is 32.6 Å². The monoisotopic (exact) mass is 423 g/mol. The first kappa shape index (κ1) is 19.7. The molecule has 24 heavy (non-hydrogen) atoms. The van der Waals surface area contributed by atoms with Crippen LogP contribution >= 0.6 is 0 Å². The fourth-order valence-corrected chi connectivity index (χ4v) is 5.31. The van der Waals surface area contributed by atoms with Gasteiger partial charge < -0.3 is 20.3 Å². The van der Waals surface area contributed by atoms with Crippen LogP contribution in [-0.2, 0) is 29.1 Å². The van der Waals surface area contributed by atoms with Crippen LogP contribution in [0.5, 0.6) is 0 Å². The average Bonchev–Trinajstić information content (AvgIpc) is 2.66. The van der Waals surface area contributed by atoms with Crippen molar-refractivity contribution < 1.29 is 29.1 Å². The molecular formula is C18H30N3O2Rh-. The Morgan fingerprint density at radius 1 is 1.04 bits per heavy atom. The zero-order valence-electron chi connectivity index (χ0n) is 14.7. The third-order valence-corrected chi connectivity index (χ3v) is 6.32. The number of carbonyl (C=O) groups excluding carboxylic acids is 2. The molecule has 0 aromatic rings. The molecule has 0 aromatic heterocycles. The van der Waals surface area contributed by atoms with Crippen LogP contribution in [-0.4, -0.2) is 42.9 Å². The molecule has 5 atom stereocenters. The predicted molar refractivity (Wildman–Crippen MR) is 89.3 cm³/mol. The number of likely N-dealkylation sites (tertiary alicyclic amines) is 1. The SMILES string of the molecule is CN[CH-]C(=O)NC1C(=O)N(C)C2CCCCC2C2CCCCC12.[Rh]. The molecule has 1 saturated heterocycles. The predicted octanol–water partition coefficient (Wildman–Crippen LogP) is 1.69. The molecule has 5 nitrogen and oxygen atoms in total. The van der Waals surface area contributed by atoms with E-state index in [4.69, 9.17) is 0 Å². The van der Waals surface area contributed by atoms with Gasteiger partial charge in [0.15, 0.2) is 0 Å². The summed E-state index contributed by atoms with van der Waals surface area (Å²) in [4.78, 5) is 27.1. The number of hydrogen-bond acceptors (Lipinski definition) is 3. The summed E-state index contributed by atoms with van der Waals surface area (Å²) in [5.41, 5.74) is 0. The van der Waals surface area contributed by atoms with Crippen molar-refractivity contribution in [1.82, 2.24) is 15.5 Å². The number of nitrogens with zero attached hydrogens (tertiary/aromatic N) is 1. The number of amides is 2. The van der Waals surface area contributed by atoms with E-state index < -0.39 is 0 Å². The van der Waals surface area contributed by atoms with E-state index in [9.17, 15) is 9.59 Å². The second-order valence-electron chi connectivity index (χ2n) is 7.50. The molecule has 2 aliphatic carbocycles. The Labute approximate surface area is 158 Å². The Hall–Kier alpha value is -0.607. The van der Waals surface area contributed by atoms with Crippen molar-refractivity contribution in [2.75, 3.05) is 14.1 Å². The van der Waals surface area contributed by atoms with Crippen molar-refractivity contribution in [3.8, 4) is 0 Å². The molecule has 0 bridgehead atoms. The first-order valence-electron chi connectivity index (χ1n) is 9.21. The van der Waals surface area contributed by atoms with Gasteiger partial charge in [-0.3, -0.25) is 4.79 Å². The minimum Gasteiger partial charge on any atom is -0.449 e. The van der Waals surface area contributed by atoms with Crippen LogP contribution in [0.4, 0.5) is 0 Å². The zero-order valence-corrected chi connectivity index (χ0v) is 16.4. The van der Waals surface area contributed by atoms with E-state index in [0.29, 0.717) is 23.8 Å². The van der Waals surface area contributed by atoms with Crippen LogP contribution in [0.3, 0.4) is 0 Å². The fourth-order valence-electron chi connectivity index (χ4n) is 5.31. The molecular weight excluding hydrogens is 393 g/mol. The van der Waals surface area contributed by atoms with E-state index in [1.165, 1.54) is 45.1 Å². The molecule has 0 spiro atoms. The summed E-state index contributed by atoms with van der Waals surface area (Å²) in [7, 11) is 3.65. The molecule has 1 aliphatic heterocycles. The van der Waals surface area contributed by atoms with Gasteiger partial charge in [-0.2, -0.15) is 0 Å². The summed E-state index contributed by atoms with van der Waals surface area (Å²) in [6, 6.07) is 0.0185. The first-order chi connectivity index (χ1) is 11.1. The molecule has 5 unspecified atom stereocenters. The van der Waals surface area contributed by atoms with Crippen molar-refractivity contribution in [2.45, 2.75) is 63.5 Å². The van der Waals surface area contributed by atoms with Gasteiger partial charge in [0.25, 0.3) is 0 Å². The Balaban J connectivity index is 0.00000208. The van der Waals surface area contributed by atoms with Gasteiger partial charge in [0.2, 0.25) is 5.91 Å². The molecule has 2 amide bonds. The van der Waals surface area contributed by atoms with Gasteiger partial charge >= 0.3 is 0 Å². The number of carbonyl (C=O) groups is 2. The molecule has 139 valence electrons. The van der Waals surface area contributed by atoms with Crippen molar-refractivity contribution >= 4 is 11.8 Å². The third kappa shape index (κ3) is 3.80. The van der Waals surface area contributed by atoms with Crippen LogP contribution in [0.2, 0.25) is 0 Å². The Morgan fingerprint density at radius 3 is 2.29 bits per heavy atom. The van der Waals surface area contributed by atoms with E-state index in [0.717, 1.165) is 12.8 Å². The summed E-state index contributed by atoms with van der Waals surface area (Å²) in [6.07, 6.45) is 9.61. The van der Waals surface area contributed by atoms with Crippen LogP contribution in [0.25, 0.3) is 0 Å². The minimum atomic E-state index is -0.354. The van der Waals surface area contributed by atoms with E-state index in [1.807, 2.05) is 11.9 Å². The van der Waals surface area contributed by atoms with Gasteiger partial charge in [-0.05, 0) is 50.5 Å². The Bertz CT molecular complexity index is 460. The maximum Gasteiger partial charge on any atom is 0.245 e. The summed E-state index contributed by atoms with van der Waals surface area (Å²) < 4.78 is 0. The summed E-state index contributed by atoms with van der Waals surface area (Å²) in [5, 5.41) is 5.76. The maximum absolute atomic E-state index is 13.1. The third-order valence-electron chi connectivity index (χ3n) is 6.32. The summed E-state index contributed by atoms with van der Waals surface area (Å²) in [5.74, 6) is 1.45. The molecule has 2 N–H and O–H groups in total. The number of hydrogen-bond donors (Lipinski definition) is 2. The van der Waals surface area contributed by atoms with E-state index in [2.05, 4.69) is 10.6 Å². The second kappa shape index (κ2) is 8.66. The van der Waals surface area contributed by atoms with Gasteiger partial charge in [0.1, 0.15) is 6.04 Å².